The Kier molecular flexibility index (Phi) is 6.18. The van der Waals surface area contributed by atoms with Crippen LogP contribution in [0.5, 0.6) is 0 Å². The molecule has 0 bridgehead atoms. The van der Waals surface area contributed by atoms with Crippen molar-refractivity contribution in [1.82, 2.24) is 5.32 Å². The number of hydrogen-bond donors (Lipinski definition) is 1. The summed E-state index contributed by atoms with van der Waals surface area (Å²) in [6, 6.07) is 7.46. The van der Waals surface area contributed by atoms with E-state index in [-0.39, 0.29) is 11.3 Å². The topological polar surface area (TPSA) is 46.2 Å². The Bertz CT molecular complexity index is 516. The molecule has 1 atom stereocenters. The van der Waals surface area contributed by atoms with E-state index in [0.717, 1.165) is 17.0 Å². The zero-order valence-corrected chi connectivity index (χ0v) is 14.5. The Labute approximate surface area is 136 Å². The molecule has 1 aromatic rings. The molecule has 122 valence electrons. The number of amides is 1. The number of nitrogens with one attached hydrogen (secondary N) is 1. The van der Waals surface area contributed by atoms with Crippen LogP contribution >= 0.6 is 0 Å². The summed E-state index contributed by atoms with van der Waals surface area (Å²) in [5.74, 6) is 0.0795. The van der Waals surface area contributed by atoms with Crippen LogP contribution < -0.4 is 5.32 Å². The van der Waals surface area contributed by atoms with Gasteiger partial charge in [0.05, 0.1) is 6.42 Å². The lowest BCUT2D eigenvalue weighted by molar-refractivity contribution is -0.121. The summed E-state index contributed by atoms with van der Waals surface area (Å²) in [6.07, 6.45) is 9.70. The molecular formula is C18H27NO2S. The fourth-order valence-electron chi connectivity index (χ4n) is 3.12. The molecule has 22 heavy (non-hydrogen) atoms. The van der Waals surface area contributed by atoms with E-state index in [1.165, 1.54) is 38.5 Å². The van der Waals surface area contributed by atoms with Crippen molar-refractivity contribution in [2.45, 2.75) is 56.8 Å². The second kappa shape index (κ2) is 7.91. The van der Waals surface area contributed by atoms with Gasteiger partial charge in [0.15, 0.2) is 0 Å². The van der Waals surface area contributed by atoms with Crippen molar-refractivity contribution in [3.63, 3.8) is 0 Å². The Morgan fingerprint density at radius 3 is 2.27 bits per heavy atom. The van der Waals surface area contributed by atoms with Crippen LogP contribution in [-0.4, -0.2) is 22.9 Å². The molecule has 1 saturated carbocycles. The van der Waals surface area contributed by atoms with Gasteiger partial charge < -0.3 is 5.32 Å². The van der Waals surface area contributed by atoms with Crippen LogP contribution in [0.15, 0.2) is 29.2 Å². The first-order chi connectivity index (χ1) is 10.5. The molecule has 1 amide bonds. The molecule has 1 N–H and O–H groups in total. The molecule has 1 fully saturated rings. The van der Waals surface area contributed by atoms with Gasteiger partial charge in [-0.3, -0.25) is 9.00 Å². The van der Waals surface area contributed by atoms with E-state index in [1.807, 2.05) is 24.3 Å². The second-order valence-corrected chi connectivity index (χ2v) is 8.16. The van der Waals surface area contributed by atoms with E-state index in [9.17, 15) is 9.00 Å². The smallest absolute Gasteiger partial charge is 0.224 e. The first-order valence-electron chi connectivity index (χ1n) is 8.18. The van der Waals surface area contributed by atoms with Crippen molar-refractivity contribution >= 4 is 16.7 Å². The standard InChI is InChI=1S/C18H27NO2S/c1-18(11-5-3-4-6-12-18)14-19-17(20)13-15-7-9-16(10-8-15)22(2)21/h7-10H,3-6,11-14H2,1-2H3,(H,19,20). The van der Waals surface area contributed by atoms with E-state index in [2.05, 4.69) is 12.2 Å². The molecule has 1 aromatic carbocycles. The Morgan fingerprint density at radius 1 is 1.14 bits per heavy atom. The van der Waals surface area contributed by atoms with Gasteiger partial charge in [-0.2, -0.15) is 0 Å². The zero-order chi connectivity index (χ0) is 16.0. The predicted octanol–water partition coefficient (Wildman–Crippen LogP) is 3.44. The molecule has 0 aromatic heterocycles. The first-order valence-corrected chi connectivity index (χ1v) is 9.73. The summed E-state index contributed by atoms with van der Waals surface area (Å²) in [6.45, 7) is 3.08. The number of hydrogen-bond acceptors (Lipinski definition) is 2. The minimum absolute atomic E-state index is 0.0795. The van der Waals surface area contributed by atoms with Crippen LogP contribution in [0.2, 0.25) is 0 Å². The lowest BCUT2D eigenvalue weighted by Gasteiger charge is -2.28. The summed E-state index contributed by atoms with van der Waals surface area (Å²) < 4.78 is 11.4. The van der Waals surface area contributed by atoms with Crippen molar-refractivity contribution < 1.29 is 9.00 Å². The molecule has 1 aliphatic rings. The van der Waals surface area contributed by atoms with Crippen molar-refractivity contribution in [1.29, 1.82) is 0 Å². The molecule has 0 aliphatic heterocycles. The monoisotopic (exact) mass is 321 g/mol. The van der Waals surface area contributed by atoms with Gasteiger partial charge in [0.2, 0.25) is 5.91 Å². The van der Waals surface area contributed by atoms with Crippen molar-refractivity contribution in [2.75, 3.05) is 12.8 Å². The molecule has 0 radical (unpaired) electrons. The average Bonchev–Trinajstić information content (AvgIpc) is 2.71. The third-order valence-corrected chi connectivity index (χ3v) is 5.58. The average molecular weight is 321 g/mol. The maximum atomic E-state index is 12.1. The number of benzene rings is 1. The largest absolute Gasteiger partial charge is 0.355 e. The van der Waals surface area contributed by atoms with Gasteiger partial charge in [-0.05, 0) is 36.0 Å². The van der Waals surface area contributed by atoms with Gasteiger partial charge in [-0.25, -0.2) is 0 Å². The van der Waals surface area contributed by atoms with E-state index < -0.39 is 10.8 Å². The molecule has 1 aliphatic carbocycles. The lowest BCUT2D eigenvalue weighted by Crippen LogP contribution is -2.36. The van der Waals surface area contributed by atoms with Crippen molar-refractivity contribution in [3.05, 3.63) is 29.8 Å². The Morgan fingerprint density at radius 2 is 1.73 bits per heavy atom. The quantitative estimate of drug-likeness (QED) is 0.844. The number of rotatable bonds is 5. The van der Waals surface area contributed by atoms with Crippen LogP contribution in [0.1, 0.15) is 51.0 Å². The molecule has 4 heteroatoms. The maximum Gasteiger partial charge on any atom is 0.224 e. The summed E-state index contributed by atoms with van der Waals surface area (Å²) in [5.41, 5.74) is 1.23. The van der Waals surface area contributed by atoms with Crippen LogP contribution in [0.3, 0.4) is 0 Å². The normalized spacial score (nSPS) is 19.2. The lowest BCUT2D eigenvalue weighted by atomic mass is 9.82. The minimum Gasteiger partial charge on any atom is -0.355 e. The summed E-state index contributed by atoms with van der Waals surface area (Å²) in [5, 5.41) is 3.11. The van der Waals surface area contributed by atoms with Gasteiger partial charge in [0, 0.05) is 28.5 Å². The molecule has 3 nitrogen and oxygen atoms in total. The minimum atomic E-state index is -0.965. The van der Waals surface area contributed by atoms with Crippen LogP contribution in [-0.2, 0) is 22.0 Å². The van der Waals surface area contributed by atoms with Gasteiger partial charge >= 0.3 is 0 Å². The molecule has 2 rings (SSSR count). The molecule has 0 saturated heterocycles. The highest BCUT2D eigenvalue weighted by Crippen LogP contribution is 2.33. The van der Waals surface area contributed by atoms with Crippen molar-refractivity contribution in [3.8, 4) is 0 Å². The maximum absolute atomic E-state index is 12.1. The number of carbonyl (C=O) groups is 1. The summed E-state index contributed by atoms with van der Waals surface area (Å²) in [4.78, 5) is 12.9. The van der Waals surface area contributed by atoms with Crippen LogP contribution in [0.25, 0.3) is 0 Å². The first kappa shape index (κ1) is 17.2. The molecular weight excluding hydrogens is 294 g/mol. The highest BCUT2D eigenvalue weighted by atomic mass is 32.2. The van der Waals surface area contributed by atoms with Crippen LogP contribution in [0.4, 0.5) is 0 Å². The Balaban J connectivity index is 1.83. The zero-order valence-electron chi connectivity index (χ0n) is 13.7. The summed E-state index contributed by atoms with van der Waals surface area (Å²) in [7, 11) is -0.965. The SMILES string of the molecule is CS(=O)c1ccc(CC(=O)NCC2(C)CCCCCC2)cc1. The highest BCUT2D eigenvalue weighted by Gasteiger charge is 2.25. The molecule has 0 spiro atoms. The number of carbonyl (C=O) groups excluding carboxylic acids is 1. The van der Waals surface area contributed by atoms with Gasteiger partial charge in [-0.15, -0.1) is 0 Å². The Hall–Kier alpha value is -1.16. The second-order valence-electron chi connectivity index (χ2n) is 6.78. The predicted molar refractivity (Wildman–Crippen MR) is 91.3 cm³/mol. The van der Waals surface area contributed by atoms with Gasteiger partial charge in [-0.1, -0.05) is 44.7 Å². The van der Waals surface area contributed by atoms with E-state index in [4.69, 9.17) is 0 Å². The fraction of sp³-hybridized carbons (Fsp3) is 0.611. The van der Waals surface area contributed by atoms with E-state index >= 15 is 0 Å². The fourth-order valence-corrected chi connectivity index (χ4v) is 3.64. The van der Waals surface area contributed by atoms with Crippen molar-refractivity contribution in [2.24, 2.45) is 5.41 Å². The third kappa shape index (κ3) is 5.24. The van der Waals surface area contributed by atoms with E-state index in [1.54, 1.807) is 6.26 Å². The van der Waals surface area contributed by atoms with Gasteiger partial charge in [0.1, 0.15) is 0 Å². The third-order valence-electron chi connectivity index (χ3n) is 4.64. The molecule has 1 unspecified atom stereocenters. The van der Waals surface area contributed by atoms with E-state index in [0.29, 0.717) is 6.42 Å². The van der Waals surface area contributed by atoms with Crippen LogP contribution in [0, 0.1) is 5.41 Å². The molecule has 0 heterocycles. The van der Waals surface area contributed by atoms with Gasteiger partial charge in [0.25, 0.3) is 0 Å². The highest BCUT2D eigenvalue weighted by molar-refractivity contribution is 7.84. The summed E-state index contributed by atoms with van der Waals surface area (Å²) >= 11 is 0.